The van der Waals surface area contributed by atoms with Crippen LogP contribution in [0.5, 0.6) is 0 Å². The van der Waals surface area contributed by atoms with E-state index in [0.717, 1.165) is 18.9 Å². The first-order chi connectivity index (χ1) is 8.08. The van der Waals surface area contributed by atoms with Gasteiger partial charge in [0.1, 0.15) is 5.69 Å². The SMILES string of the molecule is O=C(O)c1cc([N+](=O)[O-])cn1CC1CCCO1. The Balaban J connectivity index is 2.23. The van der Waals surface area contributed by atoms with Gasteiger partial charge in [-0.05, 0) is 12.8 Å². The van der Waals surface area contributed by atoms with Gasteiger partial charge in [-0.1, -0.05) is 0 Å². The Morgan fingerprint density at radius 2 is 2.47 bits per heavy atom. The van der Waals surface area contributed by atoms with Gasteiger partial charge in [0.2, 0.25) is 0 Å². The number of nitro groups is 1. The van der Waals surface area contributed by atoms with Crippen LogP contribution in [0.3, 0.4) is 0 Å². The molecule has 1 fully saturated rings. The Labute approximate surface area is 96.8 Å². The largest absolute Gasteiger partial charge is 0.477 e. The van der Waals surface area contributed by atoms with Crippen LogP contribution in [0.2, 0.25) is 0 Å². The summed E-state index contributed by atoms with van der Waals surface area (Å²) in [5, 5.41) is 19.5. The third-order valence-corrected chi connectivity index (χ3v) is 2.74. The predicted molar refractivity (Wildman–Crippen MR) is 57.0 cm³/mol. The van der Waals surface area contributed by atoms with Gasteiger partial charge in [-0.25, -0.2) is 4.79 Å². The Bertz CT molecular complexity index is 448. The monoisotopic (exact) mass is 240 g/mol. The van der Waals surface area contributed by atoms with Gasteiger partial charge in [0.05, 0.1) is 17.2 Å². The Kier molecular flexibility index (Phi) is 3.10. The van der Waals surface area contributed by atoms with Gasteiger partial charge in [-0.3, -0.25) is 10.1 Å². The Morgan fingerprint density at radius 1 is 1.71 bits per heavy atom. The molecule has 1 aromatic heterocycles. The number of carboxylic acid groups (broad SMARTS) is 1. The van der Waals surface area contributed by atoms with Crippen LogP contribution in [0, 0.1) is 10.1 Å². The number of carboxylic acids is 1. The quantitative estimate of drug-likeness (QED) is 0.631. The number of hydrogen-bond donors (Lipinski definition) is 1. The second kappa shape index (κ2) is 4.54. The highest BCUT2D eigenvalue weighted by Gasteiger charge is 2.22. The molecule has 0 spiro atoms. The molecule has 0 bridgehead atoms. The molecule has 0 aliphatic carbocycles. The van der Waals surface area contributed by atoms with Crippen LogP contribution >= 0.6 is 0 Å². The lowest BCUT2D eigenvalue weighted by atomic mass is 10.2. The van der Waals surface area contributed by atoms with Gasteiger partial charge >= 0.3 is 5.97 Å². The molecule has 1 unspecified atom stereocenters. The van der Waals surface area contributed by atoms with E-state index < -0.39 is 10.9 Å². The smallest absolute Gasteiger partial charge is 0.352 e. The maximum absolute atomic E-state index is 10.9. The van der Waals surface area contributed by atoms with Crippen molar-refractivity contribution >= 4 is 11.7 Å². The van der Waals surface area contributed by atoms with Gasteiger partial charge in [0, 0.05) is 19.2 Å². The summed E-state index contributed by atoms with van der Waals surface area (Å²) >= 11 is 0. The van der Waals surface area contributed by atoms with Crippen molar-refractivity contribution in [2.75, 3.05) is 6.61 Å². The summed E-state index contributed by atoms with van der Waals surface area (Å²) in [7, 11) is 0. The molecular formula is C10H12N2O5. The number of carbonyl (C=O) groups is 1. The highest BCUT2D eigenvalue weighted by molar-refractivity contribution is 5.86. The summed E-state index contributed by atoms with van der Waals surface area (Å²) < 4.78 is 6.75. The molecule has 0 radical (unpaired) electrons. The predicted octanol–water partition coefficient (Wildman–Crippen LogP) is 1.27. The average molecular weight is 240 g/mol. The van der Waals surface area contributed by atoms with Crippen molar-refractivity contribution in [1.29, 1.82) is 0 Å². The summed E-state index contributed by atoms with van der Waals surface area (Å²) in [5.41, 5.74) is -0.285. The van der Waals surface area contributed by atoms with Crippen molar-refractivity contribution < 1.29 is 19.6 Å². The number of nitrogens with zero attached hydrogens (tertiary/aromatic N) is 2. The summed E-state index contributed by atoms with van der Waals surface area (Å²) in [6, 6.07) is 1.07. The highest BCUT2D eigenvalue weighted by Crippen LogP contribution is 2.20. The maximum Gasteiger partial charge on any atom is 0.352 e. The molecule has 1 N–H and O–H groups in total. The summed E-state index contributed by atoms with van der Waals surface area (Å²) in [6.45, 7) is 1.01. The van der Waals surface area contributed by atoms with Crippen molar-refractivity contribution in [1.82, 2.24) is 4.57 Å². The molecule has 1 atom stereocenters. The Hall–Kier alpha value is -1.89. The first-order valence-corrected chi connectivity index (χ1v) is 5.27. The molecule has 2 heterocycles. The van der Waals surface area contributed by atoms with Crippen molar-refractivity contribution in [3.63, 3.8) is 0 Å². The van der Waals surface area contributed by atoms with E-state index in [0.29, 0.717) is 13.2 Å². The van der Waals surface area contributed by atoms with Crippen LogP contribution in [0.15, 0.2) is 12.3 Å². The number of ether oxygens (including phenoxy) is 1. The minimum atomic E-state index is -1.17. The summed E-state index contributed by atoms with van der Waals surface area (Å²) in [4.78, 5) is 20.9. The molecule has 0 amide bonds. The zero-order valence-corrected chi connectivity index (χ0v) is 9.04. The lowest BCUT2D eigenvalue weighted by molar-refractivity contribution is -0.384. The number of rotatable bonds is 4. The normalized spacial score (nSPS) is 19.4. The summed E-state index contributed by atoms with van der Waals surface area (Å²) in [6.07, 6.45) is 2.98. The second-order valence-corrected chi connectivity index (χ2v) is 3.93. The molecule has 1 aliphatic heterocycles. The fourth-order valence-electron chi connectivity index (χ4n) is 1.93. The van der Waals surface area contributed by atoms with Gasteiger partial charge < -0.3 is 14.4 Å². The van der Waals surface area contributed by atoms with E-state index in [1.54, 1.807) is 0 Å². The van der Waals surface area contributed by atoms with Gasteiger partial charge in [0.25, 0.3) is 5.69 Å². The van der Waals surface area contributed by atoms with Crippen molar-refractivity contribution in [3.8, 4) is 0 Å². The van der Waals surface area contributed by atoms with Crippen LogP contribution in [0.25, 0.3) is 0 Å². The molecule has 17 heavy (non-hydrogen) atoms. The van der Waals surface area contributed by atoms with Crippen LogP contribution in [-0.2, 0) is 11.3 Å². The van der Waals surface area contributed by atoms with Crippen molar-refractivity contribution in [3.05, 3.63) is 28.1 Å². The van der Waals surface area contributed by atoms with Crippen molar-refractivity contribution in [2.45, 2.75) is 25.5 Å². The highest BCUT2D eigenvalue weighted by atomic mass is 16.6. The van der Waals surface area contributed by atoms with Gasteiger partial charge in [0.15, 0.2) is 0 Å². The fourth-order valence-corrected chi connectivity index (χ4v) is 1.93. The van der Waals surface area contributed by atoms with Crippen LogP contribution in [0.1, 0.15) is 23.3 Å². The molecule has 0 aromatic carbocycles. The molecule has 7 nitrogen and oxygen atoms in total. The molecule has 2 rings (SSSR count). The van der Waals surface area contributed by atoms with E-state index in [1.807, 2.05) is 0 Å². The minimum absolute atomic E-state index is 0.0555. The van der Waals surface area contributed by atoms with Crippen LogP contribution in [0.4, 0.5) is 5.69 Å². The minimum Gasteiger partial charge on any atom is -0.477 e. The first kappa shape index (κ1) is 11.6. The number of aromatic carboxylic acids is 1. The van der Waals surface area contributed by atoms with Crippen LogP contribution in [-0.4, -0.2) is 33.3 Å². The lowest BCUT2D eigenvalue weighted by Crippen LogP contribution is -2.17. The lowest BCUT2D eigenvalue weighted by Gasteiger charge is -2.11. The third-order valence-electron chi connectivity index (χ3n) is 2.74. The van der Waals surface area contributed by atoms with E-state index in [9.17, 15) is 14.9 Å². The van der Waals surface area contributed by atoms with Gasteiger partial charge in [-0.2, -0.15) is 0 Å². The molecule has 0 saturated carbocycles. The molecule has 1 saturated heterocycles. The number of aromatic nitrogens is 1. The maximum atomic E-state index is 10.9. The van der Waals surface area contributed by atoms with E-state index in [-0.39, 0.29) is 17.5 Å². The summed E-state index contributed by atoms with van der Waals surface area (Å²) in [5.74, 6) is -1.17. The number of hydrogen-bond acceptors (Lipinski definition) is 4. The fraction of sp³-hybridized carbons (Fsp3) is 0.500. The van der Waals surface area contributed by atoms with E-state index >= 15 is 0 Å². The van der Waals surface area contributed by atoms with E-state index in [1.165, 1.54) is 10.8 Å². The molecule has 92 valence electrons. The zero-order valence-electron chi connectivity index (χ0n) is 9.04. The molecular weight excluding hydrogens is 228 g/mol. The van der Waals surface area contributed by atoms with E-state index in [2.05, 4.69) is 0 Å². The molecule has 1 aromatic rings. The van der Waals surface area contributed by atoms with Crippen LogP contribution < -0.4 is 0 Å². The third kappa shape index (κ3) is 2.44. The Morgan fingerprint density at radius 3 is 3.00 bits per heavy atom. The standard InChI is InChI=1S/C10H12N2O5/c13-10(14)9-4-7(12(15)16)5-11(9)6-8-2-1-3-17-8/h4-5,8H,1-3,6H2,(H,13,14). The van der Waals surface area contributed by atoms with Crippen molar-refractivity contribution in [2.24, 2.45) is 0 Å². The second-order valence-electron chi connectivity index (χ2n) is 3.93. The average Bonchev–Trinajstić information content (AvgIpc) is 2.87. The zero-order chi connectivity index (χ0) is 12.4. The first-order valence-electron chi connectivity index (χ1n) is 5.27. The van der Waals surface area contributed by atoms with E-state index in [4.69, 9.17) is 9.84 Å². The molecule has 1 aliphatic rings. The molecule has 7 heteroatoms. The topological polar surface area (TPSA) is 94.6 Å². The van der Waals surface area contributed by atoms with Gasteiger partial charge in [-0.15, -0.1) is 0 Å².